The average molecular weight is 229 g/mol. The highest BCUT2D eigenvalue weighted by Gasteiger charge is 2.15. The van der Waals surface area contributed by atoms with Crippen molar-refractivity contribution in [2.75, 3.05) is 6.61 Å². The van der Waals surface area contributed by atoms with Crippen LogP contribution in [0, 0.1) is 6.92 Å². The van der Waals surface area contributed by atoms with Crippen LogP contribution in [-0.2, 0) is 16.0 Å². The van der Waals surface area contributed by atoms with Crippen molar-refractivity contribution in [2.24, 2.45) is 0 Å². The summed E-state index contributed by atoms with van der Waals surface area (Å²) in [5.74, 6) is -0.432. The first-order chi connectivity index (χ1) is 7.56. The monoisotopic (exact) mass is 229 g/mol. The summed E-state index contributed by atoms with van der Waals surface area (Å²) in [5, 5.41) is 0. The Morgan fingerprint density at radius 2 is 2.19 bits per heavy atom. The zero-order chi connectivity index (χ0) is 12.1. The van der Waals surface area contributed by atoms with Crippen LogP contribution in [0.1, 0.15) is 30.0 Å². The molecule has 0 aliphatic heterocycles. The SMILES string of the molecule is CCOC(=O)Cc1cncc(C(F)F)c1C. The topological polar surface area (TPSA) is 39.2 Å². The molecule has 0 unspecified atom stereocenters. The van der Waals surface area contributed by atoms with Crippen molar-refractivity contribution in [3.63, 3.8) is 0 Å². The molecule has 0 aromatic carbocycles. The van der Waals surface area contributed by atoms with E-state index in [4.69, 9.17) is 4.74 Å². The van der Waals surface area contributed by atoms with Crippen LogP contribution in [0.2, 0.25) is 0 Å². The van der Waals surface area contributed by atoms with Crippen LogP contribution < -0.4 is 0 Å². The minimum atomic E-state index is -2.57. The Hall–Kier alpha value is -1.52. The molecule has 88 valence electrons. The van der Waals surface area contributed by atoms with Gasteiger partial charge in [0.2, 0.25) is 0 Å². The largest absolute Gasteiger partial charge is 0.466 e. The van der Waals surface area contributed by atoms with Gasteiger partial charge in [0, 0.05) is 18.0 Å². The summed E-state index contributed by atoms with van der Waals surface area (Å²) in [6.45, 7) is 3.52. The van der Waals surface area contributed by atoms with Crippen molar-refractivity contribution in [3.05, 3.63) is 29.1 Å². The molecule has 0 bridgehead atoms. The second-order valence-electron chi connectivity index (χ2n) is 3.30. The Morgan fingerprint density at radius 3 is 2.75 bits per heavy atom. The first kappa shape index (κ1) is 12.5. The zero-order valence-corrected chi connectivity index (χ0v) is 9.17. The van der Waals surface area contributed by atoms with Gasteiger partial charge in [-0.25, -0.2) is 8.78 Å². The predicted molar refractivity (Wildman–Crippen MR) is 54.3 cm³/mol. The Kier molecular flexibility index (Phi) is 4.34. The minimum Gasteiger partial charge on any atom is -0.466 e. The van der Waals surface area contributed by atoms with Gasteiger partial charge >= 0.3 is 5.97 Å². The number of carbonyl (C=O) groups is 1. The van der Waals surface area contributed by atoms with Crippen LogP contribution in [-0.4, -0.2) is 17.6 Å². The van der Waals surface area contributed by atoms with Crippen molar-refractivity contribution in [1.82, 2.24) is 4.98 Å². The maximum absolute atomic E-state index is 12.5. The smallest absolute Gasteiger partial charge is 0.310 e. The number of pyridine rings is 1. The normalized spacial score (nSPS) is 10.6. The number of aromatic nitrogens is 1. The molecule has 0 saturated carbocycles. The molecule has 5 heteroatoms. The molecular formula is C11H13F2NO2. The van der Waals surface area contributed by atoms with E-state index in [1.807, 2.05) is 0 Å². The maximum atomic E-state index is 12.5. The molecular weight excluding hydrogens is 216 g/mol. The van der Waals surface area contributed by atoms with E-state index in [0.29, 0.717) is 11.1 Å². The molecule has 16 heavy (non-hydrogen) atoms. The highest BCUT2D eigenvalue weighted by molar-refractivity contribution is 5.73. The van der Waals surface area contributed by atoms with Crippen LogP contribution in [0.25, 0.3) is 0 Å². The molecule has 0 aliphatic carbocycles. The van der Waals surface area contributed by atoms with Crippen molar-refractivity contribution >= 4 is 5.97 Å². The fourth-order valence-electron chi connectivity index (χ4n) is 1.35. The number of hydrogen-bond acceptors (Lipinski definition) is 3. The lowest BCUT2D eigenvalue weighted by Gasteiger charge is -2.09. The summed E-state index contributed by atoms with van der Waals surface area (Å²) in [4.78, 5) is 14.9. The number of alkyl halides is 2. The fraction of sp³-hybridized carbons (Fsp3) is 0.455. The first-order valence-electron chi connectivity index (χ1n) is 4.93. The van der Waals surface area contributed by atoms with E-state index < -0.39 is 12.4 Å². The molecule has 1 aromatic heterocycles. The van der Waals surface area contributed by atoms with E-state index in [2.05, 4.69) is 4.98 Å². The van der Waals surface area contributed by atoms with Crippen molar-refractivity contribution in [1.29, 1.82) is 0 Å². The zero-order valence-electron chi connectivity index (χ0n) is 9.17. The number of halogens is 2. The number of carbonyl (C=O) groups excluding carboxylic acids is 1. The van der Waals surface area contributed by atoms with Crippen LogP contribution in [0.5, 0.6) is 0 Å². The molecule has 0 saturated heterocycles. The van der Waals surface area contributed by atoms with Gasteiger partial charge in [-0.1, -0.05) is 0 Å². The van der Waals surface area contributed by atoms with Crippen LogP contribution in [0.3, 0.4) is 0 Å². The third kappa shape index (κ3) is 2.98. The number of hydrogen-bond donors (Lipinski definition) is 0. The first-order valence-corrected chi connectivity index (χ1v) is 4.93. The Labute approximate surface area is 92.4 Å². The van der Waals surface area contributed by atoms with Crippen LogP contribution in [0.15, 0.2) is 12.4 Å². The summed E-state index contributed by atoms with van der Waals surface area (Å²) in [5.41, 5.74) is 0.746. The summed E-state index contributed by atoms with van der Waals surface area (Å²) in [6, 6.07) is 0. The van der Waals surface area contributed by atoms with Crippen LogP contribution in [0.4, 0.5) is 8.78 Å². The lowest BCUT2D eigenvalue weighted by Crippen LogP contribution is -2.10. The third-order valence-corrected chi connectivity index (χ3v) is 2.23. The molecule has 3 nitrogen and oxygen atoms in total. The molecule has 1 heterocycles. The van der Waals surface area contributed by atoms with E-state index >= 15 is 0 Å². The Balaban J connectivity index is 2.89. The van der Waals surface area contributed by atoms with Gasteiger partial charge in [-0.05, 0) is 25.0 Å². The average Bonchev–Trinajstić information content (AvgIpc) is 2.21. The van der Waals surface area contributed by atoms with Gasteiger partial charge in [0.25, 0.3) is 6.43 Å². The summed E-state index contributed by atoms with van der Waals surface area (Å²) >= 11 is 0. The summed E-state index contributed by atoms with van der Waals surface area (Å²) in [6.07, 6.45) is -0.0605. The van der Waals surface area contributed by atoms with E-state index in [1.165, 1.54) is 6.20 Å². The highest BCUT2D eigenvalue weighted by Crippen LogP contribution is 2.23. The van der Waals surface area contributed by atoms with Gasteiger partial charge in [-0.3, -0.25) is 9.78 Å². The van der Waals surface area contributed by atoms with Gasteiger partial charge < -0.3 is 4.74 Å². The highest BCUT2D eigenvalue weighted by atomic mass is 19.3. The molecule has 1 aromatic rings. The molecule has 0 fully saturated rings. The third-order valence-electron chi connectivity index (χ3n) is 2.23. The molecule has 1 rings (SSSR count). The van der Waals surface area contributed by atoms with Crippen LogP contribution >= 0.6 is 0 Å². The Morgan fingerprint density at radius 1 is 1.50 bits per heavy atom. The number of esters is 1. The van der Waals surface area contributed by atoms with Gasteiger partial charge in [0.1, 0.15) is 0 Å². The van der Waals surface area contributed by atoms with E-state index in [1.54, 1.807) is 13.8 Å². The standard InChI is InChI=1S/C11H13F2NO2/c1-3-16-10(15)4-8-5-14-6-9(7(8)2)11(12)13/h5-6,11H,3-4H2,1-2H3. The molecule has 0 atom stereocenters. The van der Waals surface area contributed by atoms with Gasteiger partial charge in [-0.15, -0.1) is 0 Å². The quantitative estimate of drug-likeness (QED) is 0.744. The number of ether oxygens (including phenoxy) is 1. The number of rotatable bonds is 4. The van der Waals surface area contributed by atoms with E-state index in [9.17, 15) is 13.6 Å². The van der Waals surface area contributed by atoms with Gasteiger partial charge in [-0.2, -0.15) is 0 Å². The minimum absolute atomic E-state index is 0.0206. The molecule has 0 spiro atoms. The number of nitrogens with zero attached hydrogens (tertiary/aromatic N) is 1. The molecule has 0 N–H and O–H groups in total. The predicted octanol–water partition coefficient (Wildman–Crippen LogP) is 2.43. The van der Waals surface area contributed by atoms with Crippen molar-refractivity contribution in [2.45, 2.75) is 26.7 Å². The van der Waals surface area contributed by atoms with Gasteiger partial charge in [0.15, 0.2) is 0 Å². The van der Waals surface area contributed by atoms with E-state index in [-0.39, 0.29) is 18.6 Å². The van der Waals surface area contributed by atoms with Gasteiger partial charge in [0.05, 0.1) is 13.0 Å². The van der Waals surface area contributed by atoms with Crippen molar-refractivity contribution < 1.29 is 18.3 Å². The second-order valence-corrected chi connectivity index (χ2v) is 3.30. The molecule has 0 amide bonds. The maximum Gasteiger partial charge on any atom is 0.310 e. The lowest BCUT2D eigenvalue weighted by molar-refractivity contribution is -0.142. The summed E-state index contributed by atoms with van der Waals surface area (Å²) in [7, 11) is 0. The molecule has 0 radical (unpaired) electrons. The fourth-order valence-corrected chi connectivity index (χ4v) is 1.35. The molecule has 0 aliphatic rings. The lowest BCUT2D eigenvalue weighted by atomic mass is 10.0. The second kappa shape index (κ2) is 5.53. The van der Waals surface area contributed by atoms with Crippen molar-refractivity contribution in [3.8, 4) is 0 Å². The van der Waals surface area contributed by atoms with E-state index in [0.717, 1.165) is 6.20 Å². The summed E-state index contributed by atoms with van der Waals surface area (Å²) < 4.78 is 29.8. The Bertz CT molecular complexity index is 380.